The summed E-state index contributed by atoms with van der Waals surface area (Å²) in [5, 5.41) is 1.68. The van der Waals surface area contributed by atoms with Crippen LogP contribution in [0.25, 0.3) is 21.0 Å². The number of ether oxygens (including phenoxy) is 3. The summed E-state index contributed by atoms with van der Waals surface area (Å²) in [5.74, 6) is 0.486. The SMILES string of the molecule is O=C(c1sc2cc(F)ccc2c1Cl)N(Cc1cc2cc3c(cc2[nH]c1=O)OCCO3)CC1CCCO1. The molecule has 1 saturated heterocycles. The van der Waals surface area contributed by atoms with Crippen LogP contribution in [0, 0.1) is 5.82 Å². The molecule has 0 radical (unpaired) electrons. The number of amides is 1. The molecule has 0 bridgehead atoms. The fraction of sp³-hybridized carbons (Fsp3) is 0.308. The van der Waals surface area contributed by atoms with E-state index in [-0.39, 0.29) is 29.1 Å². The van der Waals surface area contributed by atoms with Crippen LogP contribution in [0.5, 0.6) is 11.5 Å². The van der Waals surface area contributed by atoms with Gasteiger partial charge in [0.1, 0.15) is 23.9 Å². The minimum absolute atomic E-state index is 0.0668. The molecule has 1 N–H and O–H groups in total. The molecule has 1 unspecified atom stereocenters. The van der Waals surface area contributed by atoms with Crippen LogP contribution in [0.4, 0.5) is 4.39 Å². The fourth-order valence-electron chi connectivity index (χ4n) is 4.68. The zero-order chi connectivity index (χ0) is 24.8. The van der Waals surface area contributed by atoms with Gasteiger partial charge in [0.2, 0.25) is 0 Å². The Kier molecular flexibility index (Phi) is 6.07. The predicted octanol–water partition coefficient (Wildman–Crippen LogP) is 5.13. The number of aromatic amines is 1. The van der Waals surface area contributed by atoms with E-state index >= 15 is 0 Å². The second-order valence-electron chi connectivity index (χ2n) is 8.91. The molecule has 2 aromatic heterocycles. The van der Waals surface area contributed by atoms with Crippen molar-refractivity contribution >= 4 is 49.8 Å². The minimum atomic E-state index is -0.394. The van der Waals surface area contributed by atoms with E-state index in [2.05, 4.69) is 4.98 Å². The molecule has 0 saturated carbocycles. The molecule has 2 aromatic carbocycles. The second kappa shape index (κ2) is 9.38. The van der Waals surface area contributed by atoms with Crippen molar-refractivity contribution in [2.45, 2.75) is 25.5 Å². The number of hydrogen-bond donors (Lipinski definition) is 1. The third-order valence-electron chi connectivity index (χ3n) is 6.47. The summed E-state index contributed by atoms with van der Waals surface area (Å²) < 4.78 is 31.4. The molecular formula is C26H22ClFN2O5S. The summed E-state index contributed by atoms with van der Waals surface area (Å²) in [6, 6.07) is 9.61. The van der Waals surface area contributed by atoms with E-state index in [9.17, 15) is 14.0 Å². The highest BCUT2D eigenvalue weighted by atomic mass is 35.5. The van der Waals surface area contributed by atoms with Gasteiger partial charge in [0.15, 0.2) is 11.5 Å². The highest BCUT2D eigenvalue weighted by Gasteiger charge is 2.28. The Bertz CT molecular complexity index is 1550. The van der Waals surface area contributed by atoms with E-state index < -0.39 is 5.82 Å². The monoisotopic (exact) mass is 528 g/mol. The number of rotatable bonds is 5. The first-order valence-corrected chi connectivity index (χ1v) is 12.9. The molecule has 1 atom stereocenters. The van der Waals surface area contributed by atoms with Gasteiger partial charge in [0, 0.05) is 40.3 Å². The van der Waals surface area contributed by atoms with Gasteiger partial charge in [-0.3, -0.25) is 9.59 Å². The van der Waals surface area contributed by atoms with E-state index in [1.807, 2.05) is 6.07 Å². The van der Waals surface area contributed by atoms with Crippen LogP contribution < -0.4 is 15.0 Å². The molecule has 2 aliphatic rings. The highest BCUT2D eigenvalue weighted by molar-refractivity contribution is 7.21. The Morgan fingerprint density at radius 1 is 1.14 bits per heavy atom. The quantitative estimate of drug-likeness (QED) is 0.388. The van der Waals surface area contributed by atoms with Crippen LogP contribution in [0.2, 0.25) is 5.02 Å². The molecule has 0 spiro atoms. The van der Waals surface area contributed by atoms with Crippen molar-refractivity contribution < 1.29 is 23.4 Å². The maximum atomic E-state index is 13.8. The Morgan fingerprint density at radius 2 is 1.94 bits per heavy atom. The third kappa shape index (κ3) is 4.31. The lowest BCUT2D eigenvalue weighted by molar-refractivity contribution is 0.0510. The molecular weight excluding hydrogens is 507 g/mol. The van der Waals surface area contributed by atoms with E-state index in [1.165, 1.54) is 12.1 Å². The number of nitrogens with one attached hydrogen (secondary N) is 1. The maximum absolute atomic E-state index is 13.8. The largest absolute Gasteiger partial charge is 0.486 e. The summed E-state index contributed by atoms with van der Waals surface area (Å²) in [4.78, 5) is 31.6. The van der Waals surface area contributed by atoms with Crippen LogP contribution in [-0.2, 0) is 11.3 Å². The number of thiophene rings is 1. The normalized spacial score (nSPS) is 17.1. The highest BCUT2D eigenvalue weighted by Crippen LogP contribution is 2.37. The Balaban J connectivity index is 1.37. The summed E-state index contributed by atoms with van der Waals surface area (Å²) in [7, 11) is 0. The molecule has 1 fully saturated rings. The lowest BCUT2D eigenvalue weighted by Gasteiger charge is -2.25. The van der Waals surface area contributed by atoms with Gasteiger partial charge in [-0.05, 0) is 43.2 Å². The summed E-state index contributed by atoms with van der Waals surface area (Å²) >= 11 is 7.71. The van der Waals surface area contributed by atoms with Crippen LogP contribution in [0.1, 0.15) is 28.1 Å². The zero-order valence-corrected chi connectivity index (χ0v) is 20.7. The third-order valence-corrected chi connectivity index (χ3v) is 8.11. The molecule has 1 amide bonds. The predicted molar refractivity (Wildman–Crippen MR) is 136 cm³/mol. The van der Waals surface area contributed by atoms with Gasteiger partial charge in [-0.15, -0.1) is 11.3 Å². The van der Waals surface area contributed by atoms with Crippen molar-refractivity contribution in [2.24, 2.45) is 0 Å². The maximum Gasteiger partial charge on any atom is 0.265 e. The molecule has 4 aromatic rings. The van der Waals surface area contributed by atoms with Crippen molar-refractivity contribution in [2.75, 3.05) is 26.4 Å². The number of carbonyl (C=O) groups is 1. The minimum Gasteiger partial charge on any atom is -0.486 e. The first-order chi connectivity index (χ1) is 17.5. The number of pyridine rings is 1. The average molecular weight is 529 g/mol. The molecule has 7 nitrogen and oxygen atoms in total. The molecule has 0 aliphatic carbocycles. The molecule has 186 valence electrons. The van der Waals surface area contributed by atoms with Crippen LogP contribution in [0.15, 0.2) is 41.2 Å². The van der Waals surface area contributed by atoms with E-state index in [4.69, 9.17) is 25.8 Å². The van der Waals surface area contributed by atoms with Crippen molar-refractivity contribution in [1.82, 2.24) is 9.88 Å². The number of fused-ring (bicyclic) bond motifs is 3. The number of hydrogen-bond acceptors (Lipinski definition) is 6. The topological polar surface area (TPSA) is 80.9 Å². The number of halogens is 2. The molecule has 10 heteroatoms. The Labute approximate surface area is 214 Å². The van der Waals surface area contributed by atoms with Gasteiger partial charge in [-0.1, -0.05) is 11.6 Å². The Morgan fingerprint density at radius 3 is 2.72 bits per heavy atom. The van der Waals surface area contributed by atoms with Gasteiger partial charge >= 0.3 is 0 Å². The molecule has 36 heavy (non-hydrogen) atoms. The summed E-state index contributed by atoms with van der Waals surface area (Å²) in [5.41, 5.74) is 0.752. The smallest absolute Gasteiger partial charge is 0.265 e. The second-order valence-corrected chi connectivity index (χ2v) is 10.3. The Hall–Kier alpha value is -3.14. The van der Waals surface area contributed by atoms with Gasteiger partial charge in [0.25, 0.3) is 11.5 Å². The zero-order valence-electron chi connectivity index (χ0n) is 19.1. The molecule has 6 rings (SSSR count). The van der Waals surface area contributed by atoms with Gasteiger partial charge in [-0.25, -0.2) is 4.39 Å². The average Bonchev–Trinajstić information content (AvgIpc) is 3.50. The van der Waals surface area contributed by atoms with Crippen LogP contribution >= 0.6 is 22.9 Å². The number of aromatic nitrogens is 1. The first-order valence-electron chi connectivity index (χ1n) is 11.7. The van der Waals surface area contributed by atoms with Gasteiger partial charge in [-0.2, -0.15) is 0 Å². The van der Waals surface area contributed by atoms with Crippen molar-refractivity contribution in [3.05, 3.63) is 68.0 Å². The van der Waals surface area contributed by atoms with E-state index in [0.717, 1.165) is 29.6 Å². The summed E-state index contributed by atoms with van der Waals surface area (Å²) in [6.45, 7) is 1.93. The van der Waals surface area contributed by atoms with E-state index in [1.54, 1.807) is 23.1 Å². The lowest BCUT2D eigenvalue weighted by atomic mass is 10.1. The van der Waals surface area contributed by atoms with Crippen molar-refractivity contribution in [3.63, 3.8) is 0 Å². The number of carbonyl (C=O) groups excluding carboxylic acids is 1. The van der Waals surface area contributed by atoms with Crippen LogP contribution in [0.3, 0.4) is 0 Å². The van der Waals surface area contributed by atoms with Gasteiger partial charge < -0.3 is 24.1 Å². The number of H-pyrrole nitrogens is 1. The van der Waals surface area contributed by atoms with E-state index in [0.29, 0.717) is 63.9 Å². The van der Waals surface area contributed by atoms with Crippen LogP contribution in [-0.4, -0.2) is 48.3 Å². The van der Waals surface area contributed by atoms with Crippen molar-refractivity contribution in [3.8, 4) is 11.5 Å². The number of benzene rings is 2. The fourth-order valence-corrected chi connectivity index (χ4v) is 6.19. The molecule has 2 aliphatic heterocycles. The number of nitrogens with zero attached hydrogens (tertiary/aromatic N) is 1. The standard InChI is InChI=1S/C26H22ClFN2O5S/c27-23-18-4-3-16(28)10-22(18)36-24(23)26(32)30(13-17-2-1-5-33-17)12-15-8-14-9-20-21(35-7-6-34-20)11-19(14)29-25(15)31/h3-4,8-11,17H,1-2,5-7,12-13H2,(H,29,31). The first kappa shape index (κ1) is 23.3. The van der Waals surface area contributed by atoms with Gasteiger partial charge in [0.05, 0.1) is 23.2 Å². The lowest BCUT2D eigenvalue weighted by Crippen LogP contribution is -2.38. The molecule has 4 heterocycles. The summed E-state index contributed by atoms with van der Waals surface area (Å²) in [6.07, 6.45) is 1.61. The van der Waals surface area contributed by atoms with Crippen molar-refractivity contribution in [1.29, 1.82) is 0 Å².